The average molecular weight is 337 g/mol. The topological polar surface area (TPSA) is 84.4 Å². The van der Waals surface area contributed by atoms with Crippen LogP contribution in [0.25, 0.3) is 11.3 Å². The van der Waals surface area contributed by atoms with E-state index < -0.39 is 17.8 Å². The summed E-state index contributed by atoms with van der Waals surface area (Å²) in [5, 5.41) is 3.57. The number of nitrogens with zero attached hydrogens (tertiary/aromatic N) is 2. The molecule has 1 fully saturated rings. The van der Waals surface area contributed by atoms with Gasteiger partial charge < -0.3 is 4.84 Å². The Morgan fingerprint density at radius 2 is 1.72 bits per heavy atom. The van der Waals surface area contributed by atoms with Gasteiger partial charge in [-0.25, -0.2) is 4.79 Å². The zero-order chi connectivity index (χ0) is 17.4. The molecular formula is C18H15N3O4. The van der Waals surface area contributed by atoms with Gasteiger partial charge in [0.1, 0.15) is 0 Å². The highest BCUT2D eigenvalue weighted by Gasteiger charge is 2.34. The maximum atomic E-state index is 12.5. The molecular weight excluding hydrogens is 322 g/mol. The van der Waals surface area contributed by atoms with Crippen molar-refractivity contribution in [2.45, 2.75) is 19.4 Å². The van der Waals surface area contributed by atoms with Crippen LogP contribution in [-0.4, -0.2) is 32.6 Å². The highest BCUT2D eigenvalue weighted by atomic mass is 16.7. The number of aromatic nitrogens is 2. The fourth-order valence-corrected chi connectivity index (χ4v) is 2.95. The molecule has 0 radical (unpaired) electrons. The normalized spacial score (nSPS) is 14.5. The Morgan fingerprint density at radius 3 is 2.44 bits per heavy atom. The van der Waals surface area contributed by atoms with Crippen molar-refractivity contribution in [3.8, 4) is 11.3 Å². The van der Waals surface area contributed by atoms with Gasteiger partial charge in [0, 0.05) is 18.4 Å². The van der Waals surface area contributed by atoms with Crippen LogP contribution in [0.4, 0.5) is 0 Å². The van der Waals surface area contributed by atoms with Gasteiger partial charge in [-0.3, -0.25) is 19.4 Å². The van der Waals surface area contributed by atoms with E-state index in [4.69, 9.17) is 4.84 Å². The van der Waals surface area contributed by atoms with Gasteiger partial charge in [-0.15, -0.1) is 5.06 Å². The highest BCUT2D eigenvalue weighted by molar-refractivity contribution is 6.03. The Morgan fingerprint density at radius 1 is 1.00 bits per heavy atom. The fourth-order valence-electron chi connectivity index (χ4n) is 2.95. The Labute approximate surface area is 143 Å². The van der Waals surface area contributed by atoms with Crippen LogP contribution in [0.2, 0.25) is 0 Å². The number of rotatable bonds is 4. The summed E-state index contributed by atoms with van der Waals surface area (Å²) in [5.74, 6) is -1.76. The Balaban J connectivity index is 1.61. The van der Waals surface area contributed by atoms with E-state index in [0.29, 0.717) is 17.2 Å². The molecule has 1 saturated heterocycles. The van der Waals surface area contributed by atoms with Gasteiger partial charge in [0.25, 0.3) is 11.8 Å². The smallest absolute Gasteiger partial charge is 0.323 e. The van der Waals surface area contributed by atoms with Crippen molar-refractivity contribution in [3.05, 3.63) is 59.8 Å². The first-order chi connectivity index (χ1) is 12.1. The van der Waals surface area contributed by atoms with Crippen LogP contribution < -0.4 is 0 Å². The Kier molecular flexibility index (Phi) is 3.61. The number of benzene rings is 1. The van der Waals surface area contributed by atoms with Crippen molar-refractivity contribution in [3.63, 3.8) is 0 Å². The lowest BCUT2D eigenvalue weighted by atomic mass is 10.2. The molecule has 7 heteroatoms. The zero-order valence-corrected chi connectivity index (χ0v) is 13.3. The first kappa shape index (κ1) is 15.2. The third-order valence-corrected chi connectivity index (χ3v) is 4.17. The fraction of sp³-hybridized carbons (Fsp3) is 0.167. The van der Waals surface area contributed by atoms with Gasteiger partial charge in [0.15, 0.2) is 5.69 Å². The Bertz CT molecular complexity index is 909. The van der Waals surface area contributed by atoms with E-state index in [9.17, 15) is 14.4 Å². The number of hydrogen-bond donors (Lipinski definition) is 1. The van der Waals surface area contributed by atoms with Crippen molar-refractivity contribution in [2.75, 3.05) is 0 Å². The van der Waals surface area contributed by atoms with Gasteiger partial charge in [-0.05, 0) is 11.6 Å². The van der Waals surface area contributed by atoms with E-state index >= 15 is 0 Å². The zero-order valence-electron chi connectivity index (χ0n) is 13.3. The molecule has 3 aliphatic rings. The highest BCUT2D eigenvalue weighted by Crippen LogP contribution is 2.29. The Hall–Kier alpha value is -3.35. The lowest BCUT2D eigenvalue weighted by Gasteiger charge is -2.11. The van der Waals surface area contributed by atoms with Crippen molar-refractivity contribution in [1.29, 1.82) is 0 Å². The summed E-state index contributed by atoms with van der Waals surface area (Å²) < 4.78 is 1.83. The molecule has 7 nitrogen and oxygen atoms in total. The quantitative estimate of drug-likeness (QED) is 0.740. The minimum atomic E-state index is -0.758. The average Bonchev–Trinajstić information content (AvgIpc) is 3.29. The van der Waals surface area contributed by atoms with E-state index in [-0.39, 0.29) is 18.5 Å². The minimum absolute atomic E-state index is 0.0661. The van der Waals surface area contributed by atoms with E-state index in [2.05, 4.69) is 5.10 Å². The second kappa shape index (κ2) is 5.94. The van der Waals surface area contributed by atoms with E-state index in [0.717, 1.165) is 11.3 Å². The summed E-state index contributed by atoms with van der Waals surface area (Å²) >= 11 is 0. The molecule has 2 amide bonds. The van der Waals surface area contributed by atoms with Gasteiger partial charge in [0.2, 0.25) is 0 Å². The van der Waals surface area contributed by atoms with Crippen molar-refractivity contribution < 1.29 is 19.2 Å². The molecule has 0 saturated carbocycles. The number of carbonyl (C=O) groups is 3. The number of hydrogen-bond acceptors (Lipinski definition) is 4. The van der Waals surface area contributed by atoms with Crippen LogP contribution in [-0.2, 0) is 21.0 Å². The molecule has 25 heavy (non-hydrogen) atoms. The number of H-pyrrole nitrogens is 1. The lowest BCUT2D eigenvalue weighted by molar-refractivity contribution is -0.172. The summed E-state index contributed by atoms with van der Waals surface area (Å²) in [6, 6.07) is 15.3. The molecule has 0 bridgehead atoms. The lowest BCUT2D eigenvalue weighted by Crippen LogP contribution is -2.32. The van der Waals surface area contributed by atoms with Crippen LogP contribution >= 0.6 is 0 Å². The first-order valence-electron chi connectivity index (χ1n) is 7.93. The van der Waals surface area contributed by atoms with Crippen LogP contribution in [0.5, 0.6) is 0 Å². The van der Waals surface area contributed by atoms with Crippen LogP contribution in [0, 0.1) is 0 Å². The van der Waals surface area contributed by atoms with Gasteiger partial charge >= 0.3 is 5.97 Å². The van der Waals surface area contributed by atoms with Crippen molar-refractivity contribution in [1.82, 2.24) is 14.8 Å². The van der Waals surface area contributed by atoms with Gasteiger partial charge in [0.05, 0.1) is 12.2 Å². The molecule has 126 valence electrons. The molecule has 0 atom stereocenters. The third-order valence-electron chi connectivity index (χ3n) is 4.17. The van der Waals surface area contributed by atoms with Crippen molar-refractivity contribution >= 4 is 17.8 Å². The largest absolute Gasteiger partial charge is 0.382 e. The summed E-state index contributed by atoms with van der Waals surface area (Å²) in [5.41, 5.74) is 2.81. The molecule has 4 rings (SSSR count). The van der Waals surface area contributed by atoms with E-state index in [1.807, 2.05) is 47.1 Å². The molecule has 1 aliphatic carbocycles. The predicted molar refractivity (Wildman–Crippen MR) is 87.5 cm³/mol. The van der Waals surface area contributed by atoms with Crippen molar-refractivity contribution in [2.24, 2.45) is 0 Å². The van der Waals surface area contributed by atoms with Gasteiger partial charge in [-0.1, -0.05) is 42.5 Å². The van der Waals surface area contributed by atoms with E-state index in [1.54, 1.807) is 6.07 Å². The van der Waals surface area contributed by atoms with Crippen LogP contribution in [0.3, 0.4) is 0 Å². The number of carbonyl (C=O) groups excluding carboxylic acids is 3. The molecule has 2 heterocycles. The van der Waals surface area contributed by atoms with Gasteiger partial charge in [-0.2, -0.15) is 0 Å². The number of imide groups is 1. The first-order valence-corrected chi connectivity index (χ1v) is 7.93. The number of aromatic amines is 1. The molecule has 1 aromatic rings. The molecule has 1 N–H and O–H groups in total. The maximum Gasteiger partial charge on any atom is 0.382 e. The van der Waals surface area contributed by atoms with E-state index in [1.165, 1.54) is 0 Å². The molecule has 2 aliphatic heterocycles. The summed E-state index contributed by atoms with van der Waals surface area (Å²) in [6.07, 6.45) is 0.132. The molecule has 0 aromatic heterocycles. The standard InChI is InChI=1S/C18H15N3O4/c22-15-9-10-16(23)21(15)25-18(24)17-13-7-4-8-14(13)20(19-17)11-12-5-2-1-3-6-12/h1-8,19H,9-11H2. The second-order valence-corrected chi connectivity index (χ2v) is 5.84. The molecule has 0 unspecified atom stereocenters. The molecule has 1 aromatic carbocycles. The molecule has 0 spiro atoms. The minimum Gasteiger partial charge on any atom is -0.323 e. The number of nitrogens with one attached hydrogen (secondary N) is 1. The third kappa shape index (κ3) is 2.69. The van der Waals surface area contributed by atoms with Crippen LogP contribution in [0.1, 0.15) is 28.9 Å². The monoisotopic (exact) mass is 337 g/mol. The van der Waals surface area contributed by atoms with Crippen LogP contribution in [0.15, 0.2) is 48.5 Å². The number of hydroxylamine groups is 2. The SMILES string of the molecule is O=C(ON1C(=O)CCC1=O)c1[nH]n(Cc2ccccc2)c2cccc1-2. The maximum absolute atomic E-state index is 12.5. The predicted octanol–water partition coefficient (Wildman–Crippen LogP) is 2.19. The second-order valence-electron chi connectivity index (χ2n) is 5.84. The summed E-state index contributed by atoms with van der Waals surface area (Å²) in [6.45, 7) is 0.552. The summed E-state index contributed by atoms with van der Waals surface area (Å²) in [4.78, 5) is 40.7. The number of fused-ring (bicyclic) bond motifs is 1. The summed E-state index contributed by atoms with van der Waals surface area (Å²) in [7, 11) is 0. The number of amides is 2.